The van der Waals surface area contributed by atoms with E-state index < -0.39 is 0 Å². The molecular weight excluding hydrogens is 198 g/mol. The summed E-state index contributed by atoms with van der Waals surface area (Å²) in [5.41, 5.74) is 7.65. The number of nitrogens with two attached hydrogens (primary N) is 1. The van der Waals surface area contributed by atoms with Crippen molar-refractivity contribution in [2.45, 2.75) is 39.2 Å². The zero-order valence-corrected chi connectivity index (χ0v) is 10.4. The molecule has 88 valence electrons. The molecule has 2 unspecified atom stereocenters. The first-order chi connectivity index (χ1) is 7.55. The molecule has 1 aromatic rings. The highest BCUT2D eigenvalue weighted by atomic mass is 16.5. The van der Waals surface area contributed by atoms with Crippen molar-refractivity contribution in [3.63, 3.8) is 0 Å². The Morgan fingerprint density at radius 1 is 1.31 bits per heavy atom. The summed E-state index contributed by atoms with van der Waals surface area (Å²) in [6.07, 6.45) is 1.10. The van der Waals surface area contributed by atoms with Gasteiger partial charge in [0.25, 0.3) is 0 Å². The molecule has 1 saturated carbocycles. The summed E-state index contributed by atoms with van der Waals surface area (Å²) in [5.74, 6) is 1.55. The van der Waals surface area contributed by atoms with Gasteiger partial charge in [-0.1, -0.05) is 26.0 Å². The number of hydrogen-bond acceptors (Lipinski definition) is 2. The van der Waals surface area contributed by atoms with Crippen LogP contribution in [0.25, 0.3) is 0 Å². The average molecular weight is 219 g/mol. The maximum Gasteiger partial charge on any atom is 0.119 e. The van der Waals surface area contributed by atoms with E-state index in [-0.39, 0.29) is 5.41 Å². The Balaban J connectivity index is 2.11. The Labute approximate surface area is 97.8 Å². The molecule has 1 aliphatic carbocycles. The smallest absolute Gasteiger partial charge is 0.119 e. The molecule has 2 nitrogen and oxygen atoms in total. The normalized spacial score (nSPS) is 27.2. The Morgan fingerprint density at radius 3 is 2.38 bits per heavy atom. The molecule has 0 radical (unpaired) electrons. The van der Waals surface area contributed by atoms with Crippen molar-refractivity contribution in [3.8, 4) is 5.75 Å². The SMILES string of the molecule is CCOc1ccc(C2CC(N)C2(C)C)cc1. The predicted octanol–water partition coefficient (Wildman–Crippen LogP) is 2.93. The minimum absolute atomic E-state index is 0.229. The summed E-state index contributed by atoms with van der Waals surface area (Å²) in [6.45, 7) is 7.23. The van der Waals surface area contributed by atoms with Crippen molar-refractivity contribution in [1.82, 2.24) is 0 Å². The quantitative estimate of drug-likeness (QED) is 0.848. The van der Waals surface area contributed by atoms with Gasteiger partial charge in [-0.05, 0) is 42.4 Å². The standard InChI is InChI=1S/C14H21NO/c1-4-16-11-7-5-10(6-8-11)12-9-13(15)14(12,2)3/h5-8,12-13H,4,9,15H2,1-3H3. The van der Waals surface area contributed by atoms with Crippen molar-refractivity contribution in [2.75, 3.05) is 6.61 Å². The maximum absolute atomic E-state index is 6.04. The van der Waals surface area contributed by atoms with Gasteiger partial charge in [-0.3, -0.25) is 0 Å². The summed E-state index contributed by atoms with van der Waals surface area (Å²) in [7, 11) is 0. The molecule has 16 heavy (non-hydrogen) atoms. The van der Waals surface area contributed by atoms with Crippen molar-refractivity contribution < 1.29 is 4.74 Å². The van der Waals surface area contributed by atoms with Crippen LogP contribution < -0.4 is 10.5 Å². The maximum atomic E-state index is 6.04. The monoisotopic (exact) mass is 219 g/mol. The highest BCUT2D eigenvalue weighted by molar-refractivity contribution is 5.33. The molecule has 2 heteroatoms. The molecule has 0 heterocycles. The van der Waals surface area contributed by atoms with Crippen LogP contribution in [0.1, 0.15) is 38.7 Å². The van der Waals surface area contributed by atoms with E-state index in [4.69, 9.17) is 10.5 Å². The van der Waals surface area contributed by atoms with Gasteiger partial charge >= 0.3 is 0 Å². The molecule has 1 aromatic carbocycles. The third-order valence-corrected chi connectivity index (χ3v) is 3.94. The lowest BCUT2D eigenvalue weighted by Gasteiger charge is -2.50. The van der Waals surface area contributed by atoms with Gasteiger partial charge in [0, 0.05) is 6.04 Å². The van der Waals surface area contributed by atoms with E-state index in [9.17, 15) is 0 Å². The molecule has 0 aromatic heterocycles. The van der Waals surface area contributed by atoms with E-state index >= 15 is 0 Å². The Kier molecular flexibility index (Phi) is 2.94. The third-order valence-electron chi connectivity index (χ3n) is 3.94. The van der Waals surface area contributed by atoms with Gasteiger partial charge < -0.3 is 10.5 Å². The highest BCUT2D eigenvalue weighted by Gasteiger charge is 2.46. The third kappa shape index (κ3) is 1.82. The summed E-state index contributed by atoms with van der Waals surface area (Å²) in [6, 6.07) is 8.79. The Morgan fingerprint density at radius 2 is 1.94 bits per heavy atom. The number of ether oxygens (including phenoxy) is 1. The molecule has 0 bridgehead atoms. The van der Waals surface area contributed by atoms with E-state index in [0.29, 0.717) is 12.0 Å². The molecular formula is C14H21NO. The van der Waals surface area contributed by atoms with Crippen molar-refractivity contribution in [1.29, 1.82) is 0 Å². The van der Waals surface area contributed by atoms with Gasteiger partial charge in [-0.25, -0.2) is 0 Å². The van der Waals surface area contributed by atoms with Gasteiger partial charge in [0.2, 0.25) is 0 Å². The molecule has 0 saturated heterocycles. The van der Waals surface area contributed by atoms with Crippen LogP contribution in [0.5, 0.6) is 5.75 Å². The lowest BCUT2D eigenvalue weighted by atomic mass is 9.57. The zero-order chi connectivity index (χ0) is 11.8. The summed E-state index contributed by atoms with van der Waals surface area (Å²) in [4.78, 5) is 0. The largest absolute Gasteiger partial charge is 0.494 e. The second-order valence-electron chi connectivity index (χ2n) is 5.22. The minimum Gasteiger partial charge on any atom is -0.494 e. The van der Waals surface area contributed by atoms with Gasteiger partial charge in [0.1, 0.15) is 5.75 Å². The first kappa shape index (κ1) is 11.5. The summed E-state index contributed by atoms with van der Waals surface area (Å²) in [5, 5.41) is 0. The number of hydrogen-bond donors (Lipinski definition) is 1. The van der Waals surface area contributed by atoms with Crippen molar-refractivity contribution in [3.05, 3.63) is 29.8 Å². The van der Waals surface area contributed by atoms with Crippen LogP contribution in [-0.2, 0) is 0 Å². The number of rotatable bonds is 3. The van der Waals surface area contributed by atoms with E-state index in [1.165, 1.54) is 5.56 Å². The van der Waals surface area contributed by atoms with Crippen molar-refractivity contribution in [2.24, 2.45) is 11.1 Å². The van der Waals surface area contributed by atoms with E-state index in [1.54, 1.807) is 0 Å². The fourth-order valence-electron chi connectivity index (χ4n) is 2.49. The second kappa shape index (κ2) is 4.10. The van der Waals surface area contributed by atoms with Crippen LogP contribution in [0.15, 0.2) is 24.3 Å². The minimum atomic E-state index is 0.229. The van der Waals surface area contributed by atoms with Crippen LogP contribution in [0.2, 0.25) is 0 Å². The first-order valence-corrected chi connectivity index (χ1v) is 6.04. The number of benzene rings is 1. The first-order valence-electron chi connectivity index (χ1n) is 6.04. The average Bonchev–Trinajstić information content (AvgIpc) is 2.28. The summed E-state index contributed by atoms with van der Waals surface area (Å²) < 4.78 is 5.44. The zero-order valence-electron chi connectivity index (χ0n) is 10.4. The fraction of sp³-hybridized carbons (Fsp3) is 0.571. The second-order valence-corrected chi connectivity index (χ2v) is 5.22. The van der Waals surface area contributed by atoms with Gasteiger partial charge in [-0.2, -0.15) is 0 Å². The topological polar surface area (TPSA) is 35.2 Å². The van der Waals surface area contributed by atoms with E-state index in [1.807, 2.05) is 6.92 Å². The van der Waals surface area contributed by atoms with E-state index in [2.05, 4.69) is 38.1 Å². The molecule has 2 N–H and O–H groups in total. The molecule has 1 fully saturated rings. The lowest BCUT2D eigenvalue weighted by Crippen LogP contribution is -2.52. The Hall–Kier alpha value is -1.02. The van der Waals surface area contributed by atoms with Crippen molar-refractivity contribution >= 4 is 0 Å². The molecule has 2 atom stereocenters. The highest BCUT2D eigenvalue weighted by Crippen LogP contribution is 2.51. The van der Waals surface area contributed by atoms with Crippen LogP contribution in [-0.4, -0.2) is 12.6 Å². The molecule has 2 rings (SSSR count). The molecule has 0 spiro atoms. The summed E-state index contributed by atoms with van der Waals surface area (Å²) >= 11 is 0. The van der Waals surface area contributed by atoms with Gasteiger partial charge in [0.05, 0.1) is 6.61 Å². The Bertz CT molecular complexity index is 356. The lowest BCUT2D eigenvalue weighted by molar-refractivity contribution is 0.0983. The van der Waals surface area contributed by atoms with Crippen LogP contribution in [0.4, 0.5) is 0 Å². The van der Waals surface area contributed by atoms with Gasteiger partial charge in [-0.15, -0.1) is 0 Å². The van der Waals surface area contributed by atoms with E-state index in [0.717, 1.165) is 18.8 Å². The molecule has 0 amide bonds. The van der Waals surface area contributed by atoms with Crippen LogP contribution in [0.3, 0.4) is 0 Å². The molecule has 0 aliphatic heterocycles. The van der Waals surface area contributed by atoms with Crippen LogP contribution >= 0.6 is 0 Å². The fourth-order valence-corrected chi connectivity index (χ4v) is 2.49. The predicted molar refractivity (Wildman–Crippen MR) is 66.7 cm³/mol. The van der Waals surface area contributed by atoms with Gasteiger partial charge in [0.15, 0.2) is 0 Å². The molecule has 1 aliphatic rings. The van der Waals surface area contributed by atoms with Crippen LogP contribution in [0, 0.1) is 5.41 Å².